The summed E-state index contributed by atoms with van der Waals surface area (Å²) in [4.78, 5) is 4.23. The van der Waals surface area contributed by atoms with Crippen LogP contribution in [-0.4, -0.2) is 13.4 Å². The Bertz CT molecular complexity index is 609. The van der Waals surface area contributed by atoms with E-state index in [-0.39, 0.29) is 0 Å². The van der Waals surface area contributed by atoms with Gasteiger partial charge >= 0.3 is 8.26 Å². The lowest BCUT2D eigenvalue weighted by Gasteiger charge is -1.95. The fourth-order valence-electron chi connectivity index (χ4n) is 1.09. The summed E-state index contributed by atoms with van der Waals surface area (Å²) in [6.45, 7) is 0. The molecule has 0 radical (unpaired) electrons. The number of benzene rings is 1. The molecule has 0 aliphatic rings. The predicted octanol–water partition coefficient (Wildman–Crippen LogP) is 3.86. The highest BCUT2D eigenvalue weighted by Gasteiger charge is 2.07. The van der Waals surface area contributed by atoms with E-state index in [2.05, 4.69) is 42.3 Å². The van der Waals surface area contributed by atoms with E-state index in [4.69, 9.17) is 14.2 Å². The molecular formula is C9H7BrCl2N2O2S2. The third kappa shape index (κ3) is 6.01. The highest BCUT2D eigenvalue weighted by atomic mass is 79.9. The second kappa shape index (κ2) is 6.72. The van der Waals surface area contributed by atoms with Crippen molar-refractivity contribution in [3.8, 4) is 11.3 Å². The summed E-state index contributed by atoms with van der Waals surface area (Å²) in [7, 11) is 4.81. The van der Waals surface area contributed by atoms with Gasteiger partial charge in [-0.2, -0.15) is 8.42 Å². The first-order chi connectivity index (χ1) is 8.27. The van der Waals surface area contributed by atoms with Gasteiger partial charge in [-0.05, 0) is 15.9 Å². The van der Waals surface area contributed by atoms with Crippen LogP contribution in [0.5, 0.6) is 0 Å². The van der Waals surface area contributed by atoms with Crippen molar-refractivity contribution in [1.82, 2.24) is 4.98 Å². The van der Waals surface area contributed by atoms with E-state index in [0.717, 1.165) is 15.0 Å². The van der Waals surface area contributed by atoms with Gasteiger partial charge in [0.25, 0.3) is 0 Å². The summed E-state index contributed by atoms with van der Waals surface area (Å²) < 4.78 is 19.3. The molecule has 0 atom stereocenters. The molecule has 0 saturated heterocycles. The number of nitrogen functional groups attached to an aromatic ring is 1. The van der Waals surface area contributed by atoms with Crippen LogP contribution in [0.2, 0.25) is 0 Å². The maximum absolute atomic E-state index is 9.16. The molecule has 0 bridgehead atoms. The molecule has 1 heterocycles. The average molecular weight is 390 g/mol. The highest BCUT2D eigenvalue weighted by Crippen LogP contribution is 2.33. The van der Waals surface area contributed by atoms with Crippen LogP contribution in [0.25, 0.3) is 11.3 Å². The quantitative estimate of drug-likeness (QED) is 0.751. The molecule has 0 saturated carbocycles. The minimum absolute atomic E-state index is 0.589. The summed E-state index contributed by atoms with van der Waals surface area (Å²) in [6, 6.07) is 9.97. The largest absolute Gasteiger partial charge is 0.375 e. The summed E-state index contributed by atoms with van der Waals surface area (Å²) in [5.41, 5.74) is 7.60. The highest BCUT2D eigenvalue weighted by molar-refractivity contribution is 9.11. The zero-order valence-electron chi connectivity index (χ0n) is 8.68. The molecule has 0 spiro atoms. The van der Waals surface area contributed by atoms with Gasteiger partial charge in [0.15, 0.2) is 5.13 Å². The maximum Gasteiger partial charge on any atom is 0.317 e. The normalized spacial score (nSPS) is 10.6. The van der Waals surface area contributed by atoms with Crippen molar-refractivity contribution in [2.45, 2.75) is 0 Å². The SMILES string of the molecule is Nc1nc(-c2ccccc2)c(Br)s1.O=S(=O)(Cl)Cl. The lowest BCUT2D eigenvalue weighted by atomic mass is 10.2. The first-order valence-electron chi connectivity index (χ1n) is 4.39. The number of halogens is 3. The number of hydrogen-bond donors (Lipinski definition) is 1. The van der Waals surface area contributed by atoms with Crippen LogP contribution < -0.4 is 5.73 Å². The fourth-order valence-corrected chi connectivity index (χ4v) is 2.49. The van der Waals surface area contributed by atoms with E-state index >= 15 is 0 Å². The summed E-state index contributed by atoms with van der Waals surface area (Å²) in [5, 5.41) is 0.589. The van der Waals surface area contributed by atoms with Crippen molar-refractivity contribution in [2.75, 3.05) is 5.73 Å². The molecule has 1 aromatic carbocycles. The Hall–Kier alpha value is -0.340. The number of rotatable bonds is 1. The van der Waals surface area contributed by atoms with Crippen LogP contribution in [-0.2, 0) is 8.26 Å². The van der Waals surface area contributed by atoms with Gasteiger partial charge in [-0.15, -0.1) is 0 Å². The molecule has 4 nitrogen and oxygen atoms in total. The van der Waals surface area contributed by atoms with E-state index in [0.29, 0.717) is 5.13 Å². The van der Waals surface area contributed by atoms with Gasteiger partial charge in [0.2, 0.25) is 0 Å². The second-order valence-corrected chi connectivity index (χ2v) is 8.94. The lowest BCUT2D eigenvalue weighted by molar-refractivity contribution is 0.621. The first kappa shape index (κ1) is 15.7. The zero-order chi connectivity index (χ0) is 13.8. The van der Waals surface area contributed by atoms with Crippen molar-refractivity contribution in [2.24, 2.45) is 0 Å². The van der Waals surface area contributed by atoms with Gasteiger partial charge in [-0.25, -0.2) is 4.98 Å². The Morgan fingerprint density at radius 3 is 2.11 bits per heavy atom. The van der Waals surface area contributed by atoms with Crippen molar-refractivity contribution in [3.05, 3.63) is 34.1 Å². The standard InChI is InChI=1S/C9H7BrN2S.Cl2O2S/c10-8-7(12-9(11)13-8)6-4-2-1-3-5-6;1-5(2,3)4/h1-5H,(H2,11,12);. The molecule has 0 unspecified atom stereocenters. The van der Waals surface area contributed by atoms with E-state index in [9.17, 15) is 0 Å². The zero-order valence-corrected chi connectivity index (χ0v) is 13.4. The topological polar surface area (TPSA) is 73.0 Å². The predicted molar refractivity (Wildman–Crippen MR) is 80.3 cm³/mol. The maximum atomic E-state index is 9.16. The van der Waals surface area contributed by atoms with Crippen LogP contribution in [0.1, 0.15) is 0 Å². The minimum atomic E-state index is -3.72. The van der Waals surface area contributed by atoms with Crippen LogP contribution in [0, 0.1) is 0 Å². The number of thiazole rings is 1. The Morgan fingerprint density at radius 2 is 1.72 bits per heavy atom. The molecule has 0 aliphatic heterocycles. The molecule has 9 heteroatoms. The molecule has 18 heavy (non-hydrogen) atoms. The summed E-state index contributed by atoms with van der Waals surface area (Å²) in [6.07, 6.45) is 0. The van der Waals surface area contributed by atoms with Gasteiger partial charge in [-0.3, -0.25) is 0 Å². The molecule has 1 aromatic heterocycles. The molecule has 2 rings (SSSR count). The number of nitrogens with two attached hydrogens (primary N) is 1. The van der Waals surface area contributed by atoms with E-state index < -0.39 is 8.26 Å². The molecule has 0 aliphatic carbocycles. The minimum Gasteiger partial charge on any atom is -0.375 e. The van der Waals surface area contributed by atoms with Crippen LogP contribution in [0.4, 0.5) is 5.13 Å². The van der Waals surface area contributed by atoms with E-state index in [1.54, 1.807) is 0 Å². The number of nitrogens with zero attached hydrogens (tertiary/aromatic N) is 1. The summed E-state index contributed by atoms with van der Waals surface area (Å²) in [5.74, 6) is 0. The van der Waals surface area contributed by atoms with Crippen LogP contribution >= 0.6 is 48.6 Å². The van der Waals surface area contributed by atoms with Crippen molar-refractivity contribution >= 4 is 62.0 Å². The van der Waals surface area contributed by atoms with Gasteiger partial charge in [0, 0.05) is 26.9 Å². The van der Waals surface area contributed by atoms with Crippen molar-refractivity contribution in [1.29, 1.82) is 0 Å². The number of hydrogen-bond acceptors (Lipinski definition) is 5. The lowest BCUT2D eigenvalue weighted by Crippen LogP contribution is -1.82. The third-order valence-electron chi connectivity index (χ3n) is 1.65. The van der Waals surface area contributed by atoms with Crippen molar-refractivity contribution in [3.63, 3.8) is 0 Å². The van der Waals surface area contributed by atoms with Crippen molar-refractivity contribution < 1.29 is 8.42 Å². The molecule has 98 valence electrons. The molecule has 0 amide bonds. The number of aromatic nitrogens is 1. The van der Waals surface area contributed by atoms with Gasteiger partial charge in [-0.1, -0.05) is 41.7 Å². The molecule has 2 aromatic rings. The van der Waals surface area contributed by atoms with Gasteiger partial charge in [0.05, 0.1) is 9.48 Å². The van der Waals surface area contributed by atoms with E-state index in [1.165, 1.54) is 11.3 Å². The van der Waals surface area contributed by atoms with Crippen LogP contribution in [0.15, 0.2) is 34.1 Å². The van der Waals surface area contributed by atoms with Gasteiger partial charge in [0.1, 0.15) is 0 Å². The smallest absolute Gasteiger partial charge is 0.317 e. The number of anilines is 1. The molecule has 0 fully saturated rings. The Balaban J connectivity index is 0.000000280. The van der Waals surface area contributed by atoms with Gasteiger partial charge < -0.3 is 5.73 Å². The Kier molecular flexibility index (Phi) is 5.87. The Morgan fingerprint density at radius 1 is 1.22 bits per heavy atom. The first-order valence-corrected chi connectivity index (χ1v) is 9.13. The molecular weight excluding hydrogens is 383 g/mol. The third-order valence-corrected chi connectivity index (χ3v) is 3.18. The molecule has 2 N–H and O–H groups in total. The van der Waals surface area contributed by atoms with E-state index in [1.807, 2.05) is 30.3 Å². The summed E-state index contributed by atoms with van der Waals surface area (Å²) >= 11 is 4.88. The average Bonchev–Trinajstić information content (AvgIpc) is 2.57. The monoisotopic (exact) mass is 388 g/mol. The fraction of sp³-hybridized carbons (Fsp3) is 0. The second-order valence-electron chi connectivity index (χ2n) is 2.92. The Labute approximate surface area is 126 Å². The van der Waals surface area contributed by atoms with Crippen LogP contribution in [0.3, 0.4) is 0 Å².